The van der Waals surface area contributed by atoms with Gasteiger partial charge in [0.15, 0.2) is 5.65 Å². The lowest BCUT2D eigenvalue weighted by molar-refractivity contribution is -0.119. The van der Waals surface area contributed by atoms with Crippen molar-refractivity contribution in [3.63, 3.8) is 0 Å². The number of likely N-dealkylation sites (N-methyl/N-ethyl adjacent to an activating group) is 2. The molecule has 1 amide bonds. The van der Waals surface area contributed by atoms with Crippen LogP contribution in [0.25, 0.3) is 16.7 Å². The highest BCUT2D eigenvalue weighted by Gasteiger charge is 2.15. The van der Waals surface area contributed by atoms with Gasteiger partial charge in [-0.2, -0.15) is 5.10 Å². The number of nitrogens with one attached hydrogen (secondary N) is 1. The van der Waals surface area contributed by atoms with Gasteiger partial charge >= 0.3 is 0 Å². The average molecular weight is 310 g/mol. The minimum absolute atomic E-state index is 0.0442. The predicted octanol–water partition coefficient (Wildman–Crippen LogP) is 1.39. The largest absolute Gasteiger partial charge is 0.355 e. The van der Waals surface area contributed by atoms with Crippen LogP contribution in [0.1, 0.15) is 6.92 Å². The maximum atomic E-state index is 11.8. The molecule has 118 valence electrons. The van der Waals surface area contributed by atoms with Crippen LogP contribution in [0.5, 0.6) is 0 Å². The number of nitrogens with zero attached hydrogens (tertiary/aromatic N) is 5. The lowest BCUT2D eigenvalue weighted by atomic mass is 10.3. The van der Waals surface area contributed by atoms with Crippen molar-refractivity contribution in [2.45, 2.75) is 6.92 Å². The zero-order valence-electron chi connectivity index (χ0n) is 13.1. The molecule has 0 saturated heterocycles. The fourth-order valence-electron chi connectivity index (χ4n) is 2.44. The highest BCUT2D eigenvalue weighted by atomic mass is 16.2. The third kappa shape index (κ3) is 2.98. The van der Waals surface area contributed by atoms with Gasteiger partial charge in [-0.1, -0.05) is 18.2 Å². The summed E-state index contributed by atoms with van der Waals surface area (Å²) in [5.41, 5.74) is 1.64. The zero-order chi connectivity index (χ0) is 16.2. The van der Waals surface area contributed by atoms with Gasteiger partial charge in [-0.15, -0.1) is 0 Å². The average Bonchev–Trinajstić information content (AvgIpc) is 2.99. The fourth-order valence-corrected chi connectivity index (χ4v) is 2.44. The first-order chi connectivity index (χ1) is 11.2. The molecule has 0 fully saturated rings. The molecule has 0 spiro atoms. The van der Waals surface area contributed by atoms with Gasteiger partial charge in [-0.3, -0.25) is 4.79 Å². The second kappa shape index (κ2) is 6.43. The summed E-state index contributed by atoms with van der Waals surface area (Å²) in [7, 11) is 1.83. The number of carbonyl (C=O) groups excluding carboxylic acids is 1. The Morgan fingerprint density at radius 3 is 2.78 bits per heavy atom. The Bertz CT molecular complexity index is 814. The summed E-state index contributed by atoms with van der Waals surface area (Å²) >= 11 is 0. The number of anilines is 1. The first-order valence-corrected chi connectivity index (χ1v) is 7.42. The van der Waals surface area contributed by atoms with Gasteiger partial charge in [0, 0.05) is 13.6 Å². The van der Waals surface area contributed by atoms with Crippen molar-refractivity contribution in [1.82, 2.24) is 25.1 Å². The van der Waals surface area contributed by atoms with E-state index in [-0.39, 0.29) is 12.5 Å². The van der Waals surface area contributed by atoms with Gasteiger partial charge in [0.25, 0.3) is 0 Å². The number of rotatable bonds is 5. The number of fused-ring (bicyclic) bond motifs is 1. The van der Waals surface area contributed by atoms with Crippen molar-refractivity contribution in [3.8, 4) is 5.69 Å². The molecule has 0 bridgehead atoms. The topological polar surface area (TPSA) is 75.9 Å². The first kappa shape index (κ1) is 15.0. The molecular formula is C16H18N6O. The summed E-state index contributed by atoms with van der Waals surface area (Å²) in [5, 5.41) is 8.00. The number of amides is 1. The van der Waals surface area contributed by atoms with Crippen molar-refractivity contribution in [2.24, 2.45) is 0 Å². The van der Waals surface area contributed by atoms with E-state index in [9.17, 15) is 4.79 Å². The molecule has 3 rings (SSSR count). The van der Waals surface area contributed by atoms with E-state index in [1.165, 1.54) is 6.33 Å². The molecule has 0 aliphatic heterocycles. The van der Waals surface area contributed by atoms with Crippen LogP contribution in [0.3, 0.4) is 0 Å². The second-order valence-electron chi connectivity index (χ2n) is 5.14. The van der Waals surface area contributed by atoms with Gasteiger partial charge in [-0.05, 0) is 19.1 Å². The Hall–Kier alpha value is -2.96. The van der Waals surface area contributed by atoms with Crippen molar-refractivity contribution in [3.05, 3.63) is 42.9 Å². The third-order valence-corrected chi connectivity index (χ3v) is 3.46. The number of benzene rings is 1. The lowest BCUT2D eigenvalue weighted by Gasteiger charge is -2.17. The first-order valence-electron chi connectivity index (χ1n) is 7.42. The van der Waals surface area contributed by atoms with Crippen LogP contribution in [0.15, 0.2) is 42.9 Å². The molecule has 0 aliphatic rings. The number of hydrogen-bond acceptors (Lipinski definition) is 5. The fraction of sp³-hybridized carbons (Fsp3) is 0.250. The Kier molecular flexibility index (Phi) is 4.18. The lowest BCUT2D eigenvalue weighted by Crippen LogP contribution is -2.35. The van der Waals surface area contributed by atoms with Gasteiger partial charge in [0.05, 0.1) is 23.8 Å². The highest BCUT2D eigenvalue weighted by Crippen LogP contribution is 2.23. The van der Waals surface area contributed by atoms with Crippen LogP contribution in [-0.4, -0.2) is 45.8 Å². The van der Waals surface area contributed by atoms with Crippen LogP contribution in [0.2, 0.25) is 0 Å². The summed E-state index contributed by atoms with van der Waals surface area (Å²) in [6, 6.07) is 9.79. The minimum Gasteiger partial charge on any atom is -0.355 e. The van der Waals surface area contributed by atoms with E-state index in [1.54, 1.807) is 15.8 Å². The molecule has 0 saturated carbocycles. The van der Waals surface area contributed by atoms with Gasteiger partial charge in [0.1, 0.15) is 12.1 Å². The summed E-state index contributed by atoms with van der Waals surface area (Å²) in [5.74, 6) is 0.639. The van der Waals surface area contributed by atoms with Crippen LogP contribution >= 0.6 is 0 Å². The van der Waals surface area contributed by atoms with E-state index < -0.39 is 0 Å². The maximum Gasteiger partial charge on any atom is 0.239 e. The monoisotopic (exact) mass is 310 g/mol. The maximum absolute atomic E-state index is 11.8. The Balaban J connectivity index is 1.97. The van der Waals surface area contributed by atoms with Crippen molar-refractivity contribution >= 4 is 22.8 Å². The normalized spacial score (nSPS) is 10.7. The molecule has 0 aliphatic carbocycles. The van der Waals surface area contributed by atoms with Crippen LogP contribution in [0.4, 0.5) is 5.82 Å². The van der Waals surface area contributed by atoms with E-state index in [4.69, 9.17) is 0 Å². The zero-order valence-corrected chi connectivity index (χ0v) is 13.1. The molecule has 3 aromatic rings. The van der Waals surface area contributed by atoms with Gasteiger partial charge in [0.2, 0.25) is 5.91 Å². The van der Waals surface area contributed by atoms with Crippen molar-refractivity contribution < 1.29 is 4.79 Å². The van der Waals surface area contributed by atoms with Crippen LogP contribution in [-0.2, 0) is 4.79 Å². The summed E-state index contributed by atoms with van der Waals surface area (Å²) < 4.78 is 1.76. The molecule has 0 atom stereocenters. The molecule has 7 heteroatoms. The van der Waals surface area contributed by atoms with Gasteiger partial charge in [-0.25, -0.2) is 14.6 Å². The van der Waals surface area contributed by atoms with E-state index in [0.717, 1.165) is 11.1 Å². The molecule has 2 aromatic heterocycles. The van der Waals surface area contributed by atoms with Crippen molar-refractivity contribution in [2.75, 3.05) is 25.0 Å². The summed E-state index contributed by atoms with van der Waals surface area (Å²) in [6.45, 7) is 2.74. The Morgan fingerprint density at radius 1 is 1.26 bits per heavy atom. The molecule has 0 radical (unpaired) electrons. The van der Waals surface area contributed by atoms with E-state index in [0.29, 0.717) is 18.0 Å². The third-order valence-electron chi connectivity index (χ3n) is 3.46. The Morgan fingerprint density at radius 2 is 2.04 bits per heavy atom. The SMILES string of the molecule is CCNC(=O)CN(C)c1ncnc2c1cnn2-c1ccccc1. The molecule has 2 heterocycles. The highest BCUT2D eigenvalue weighted by molar-refractivity contribution is 5.90. The van der Waals surface area contributed by atoms with Crippen molar-refractivity contribution in [1.29, 1.82) is 0 Å². The summed E-state index contributed by atoms with van der Waals surface area (Å²) in [6.07, 6.45) is 3.22. The van der Waals surface area contributed by atoms with Crippen LogP contribution in [0, 0.1) is 0 Å². The van der Waals surface area contributed by atoms with E-state index >= 15 is 0 Å². The predicted molar refractivity (Wildman–Crippen MR) is 88.6 cm³/mol. The van der Waals surface area contributed by atoms with Crippen LogP contribution < -0.4 is 10.2 Å². The molecule has 1 N–H and O–H groups in total. The minimum atomic E-state index is -0.0442. The quantitative estimate of drug-likeness (QED) is 0.770. The number of carbonyl (C=O) groups is 1. The number of hydrogen-bond donors (Lipinski definition) is 1. The van der Waals surface area contributed by atoms with Gasteiger partial charge < -0.3 is 10.2 Å². The number of para-hydroxylation sites is 1. The number of aromatic nitrogens is 4. The van der Waals surface area contributed by atoms with E-state index in [2.05, 4.69) is 20.4 Å². The molecule has 0 unspecified atom stereocenters. The smallest absolute Gasteiger partial charge is 0.239 e. The Labute approximate surface area is 134 Å². The molecule has 7 nitrogen and oxygen atoms in total. The second-order valence-corrected chi connectivity index (χ2v) is 5.14. The molecule has 1 aromatic carbocycles. The standard InChI is InChI=1S/C16H18N6O/c1-3-17-14(23)10-21(2)15-13-9-20-22(16(13)19-11-18-15)12-7-5-4-6-8-12/h4-9,11H,3,10H2,1-2H3,(H,17,23). The van der Waals surface area contributed by atoms with E-state index in [1.807, 2.05) is 44.3 Å². The summed E-state index contributed by atoms with van der Waals surface area (Å²) in [4.78, 5) is 22.2. The molecular weight excluding hydrogens is 292 g/mol. The molecule has 23 heavy (non-hydrogen) atoms.